The maximum absolute atomic E-state index is 12.2. The first kappa shape index (κ1) is 20.9. The lowest BCUT2D eigenvalue weighted by Gasteiger charge is -2.20. The monoisotopic (exact) mass is 390 g/mol. The van der Waals surface area contributed by atoms with E-state index in [1.165, 1.54) is 18.2 Å². The molecule has 0 aliphatic heterocycles. The van der Waals surface area contributed by atoms with Crippen LogP contribution in [0.25, 0.3) is 0 Å². The van der Waals surface area contributed by atoms with Gasteiger partial charge in [0, 0.05) is 18.8 Å². The molecule has 8 heteroatoms. The summed E-state index contributed by atoms with van der Waals surface area (Å²) in [6, 6.07) is 13.4. The third kappa shape index (κ3) is 6.35. The summed E-state index contributed by atoms with van der Waals surface area (Å²) in [5.74, 6) is 0. The molecule has 2 aromatic rings. The van der Waals surface area contributed by atoms with Crippen molar-refractivity contribution in [3.63, 3.8) is 0 Å². The molecule has 2 aromatic carbocycles. The Hall–Kier alpha value is -2.42. The molecule has 0 bridgehead atoms. The van der Waals surface area contributed by atoms with Gasteiger partial charge in [0.05, 0.1) is 4.90 Å². The molecule has 0 aromatic heterocycles. The van der Waals surface area contributed by atoms with Crippen molar-refractivity contribution < 1.29 is 13.2 Å². The highest BCUT2D eigenvalue weighted by Crippen LogP contribution is 2.15. The number of rotatable bonds is 8. The molecule has 146 valence electrons. The van der Waals surface area contributed by atoms with Gasteiger partial charge in [0.2, 0.25) is 10.0 Å². The molecular formula is C19H26N4O3S. The molecule has 2 amide bonds. The molecule has 0 fully saturated rings. The number of nitrogens with one attached hydrogen (secondary N) is 2. The van der Waals surface area contributed by atoms with Crippen LogP contribution in [0.3, 0.4) is 0 Å². The Labute approximate surface area is 160 Å². The molecular weight excluding hydrogens is 364 g/mol. The van der Waals surface area contributed by atoms with Crippen molar-refractivity contribution in [2.75, 3.05) is 18.4 Å². The van der Waals surface area contributed by atoms with E-state index in [2.05, 4.69) is 35.4 Å². The SMILES string of the molecule is CCN(CC)Cc1ccccc1CNC(=O)Nc1cccc(S(N)(=O)=O)c1. The molecule has 0 radical (unpaired) electrons. The van der Waals surface area contributed by atoms with E-state index in [1.807, 2.05) is 18.2 Å². The number of nitrogens with two attached hydrogens (primary N) is 1. The number of amides is 2. The number of benzene rings is 2. The maximum atomic E-state index is 12.2. The van der Waals surface area contributed by atoms with Crippen LogP contribution >= 0.6 is 0 Å². The summed E-state index contributed by atoms with van der Waals surface area (Å²) in [7, 11) is -3.82. The van der Waals surface area contributed by atoms with Crippen LogP contribution in [0.4, 0.5) is 10.5 Å². The Morgan fingerprint density at radius 2 is 1.70 bits per heavy atom. The van der Waals surface area contributed by atoms with E-state index in [0.717, 1.165) is 30.8 Å². The molecule has 0 saturated carbocycles. The van der Waals surface area contributed by atoms with Gasteiger partial charge in [-0.3, -0.25) is 4.90 Å². The van der Waals surface area contributed by atoms with Gasteiger partial charge in [0.15, 0.2) is 0 Å². The van der Waals surface area contributed by atoms with Crippen LogP contribution < -0.4 is 15.8 Å². The predicted molar refractivity (Wildman–Crippen MR) is 107 cm³/mol. The Kier molecular flexibility index (Phi) is 7.35. The van der Waals surface area contributed by atoms with Gasteiger partial charge in [0.25, 0.3) is 0 Å². The summed E-state index contributed by atoms with van der Waals surface area (Å²) in [5.41, 5.74) is 2.56. The molecule has 27 heavy (non-hydrogen) atoms. The molecule has 0 atom stereocenters. The fourth-order valence-corrected chi connectivity index (χ4v) is 3.23. The van der Waals surface area contributed by atoms with Gasteiger partial charge in [-0.2, -0.15) is 0 Å². The minimum absolute atomic E-state index is 0.0510. The van der Waals surface area contributed by atoms with E-state index in [0.29, 0.717) is 12.2 Å². The van der Waals surface area contributed by atoms with Crippen molar-refractivity contribution in [3.8, 4) is 0 Å². The number of nitrogens with zero attached hydrogens (tertiary/aromatic N) is 1. The highest BCUT2D eigenvalue weighted by Gasteiger charge is 2.10. The lowest BCUT2D eigenvalue weighted by Crippen LogP contribution is -2.29. The maximum Gasteiger partial charge on any atom is 0.319 e. The van der Waals surface area contributed by atoms with Crippen LogP contribution in [0.2, 0.25) is 0 Å². The van der Waals surface area contributed by atoms with Crippen LogP contribution in [-0.4, -0.2) is 32.4 Å². The van der Waals surface area contributed by atoms with Gasteiger partial charge < -0.3 is 10.6 Å². The Balaban J connectivity index is 2.00. The topological polar surface area (TPSA) is 105 Å². The van der Waals surface area contributed by atoms with Crippen molar-refractivity contribution in [2.24, 2.45) is 5.14 Å². The molecule has 0 unspecified atom stereocenters. The predicted octanol–water partition coefficient (Wildman–Crippen LogP) is 2.50. The average Bonchev–Trinajstić information content (AvgIpc) is 2.64. The third-order valence-electron chi connectivity index (χ3n) is 4.27. The lowest BCUT2D eigenvalue weighted by molar-refractivity contribution is 0.251. The van der Waals surface area contributed by atoms with E-state index >= 15 is 0 Å². The average molecular weight is 391 g/mol. The number of urea groups is 1. The van der Waals surface area contributed by atoms with Gasteiger partial charge >= 0.3 is 6.03 Å². The van der Waals surface area contributed by atoms with Crippen molar-refractivity contribution in [3.05, 3.63) is 59.7 Å². The molecule has 0 spiro atoms. The van der Waals surface area contributed by atoms with Gasteiger partial charge in [-0.25, -0.2) is 18.4 Å². The van der Waals surface area contributed by atoms with E-state index in [-0.39, 0.29) is 4.90 Å². The molecule has 0 heterocycles. The van der Waals surface area contributed by atoms with E-state index in [1.54, 1.807) is 6.07 Å². The lowest BCUT2D eigenvalue weighted by atomic mass is 10.1. The second-order valence-electron chi connectivity index (χ2n) is 6.11. The largest absolute Gasteiger partial charge is 0.334 e. The van der Waals surface area contributed by atoms with Crippen LogP contribution in [0, 0.1) is 0 Å². The fourth-order valence-electron chi connectivity index (χ4n) is 2.67. The number of carbonyl (C=O) groups is 1. The molecule has 2 rings (SSSR count). The minimum Gasteiger partial charge on any atom is -0.334 e. The van der Waals surface area contributed by atoms with Crippen molar-refractivity contribution in [1.29, 1.82) is 0 Å². The Morgan fingerprint density at radius 3 is 2.33 bits per heavy atom. The minimum atomic E-state index is -3.82. The summed E-state index contributed by atoms with van der Waals surface area (Å²) >= 11 is 0. The number of sulfonamides is 1. The quantitative estimate of drug-likeness (QED) is 0.644. The first-order valence-electron chi connectivity index (χ1n) is 8.80. The zero-order chi connectivity index (χ0) is 19.9. The molecule has 0 aliphatic carbocycles. The van der Waals surface area contributed by atoms with Gasteiger partial charge in [0.1, 0.15) is 0 Å². The van der Waals surface area contributed by atoms with E-state index in [4.69, 9.17) is 5.14 Å². The smallest absolute Gasteiger partial charge is 0.319 e. The van der Waals surface area contributed by atoms with Crippen LogP contribution in [0.5, 0.6) is 0 Å². The fraction of sp³-hybridized carbons (Fsp3) is 0.316. The summed E-state index contributed by atoms with van der Waals surface area (Å²) in [6.45, 7) is 7.35. The zero-order valence-electron chi connectivity index (χ0n) is 15.6. The number of primary sulfonamides is 1. The van der Waals surface area contributed by atoms with E-state index < -0.39 is 16.1 Å². The van der Waals surface area contributed by atoms with Crippen LogP contribution in [0.1, 0.15) is 25.0 Å². The summed E-state index contributed by atoms with van der Waals surface area (Å²) < 4.78 is 22.8. The van der Waals surface area contributed by atoms with Crippen molar-refractivity contribution in [2.45, 2.75) is 31.8 Å². The van der Waals surface area contributed by atoms with Crippen molar-refractivity contribution in [1.82, 2.24) is 10.2 Å². The number of hydrogen-bond donors (Lipinski definition) is 3. The normalized spacial score (nSPS) is 11.4. The number of anilines is 1. The standard InChI is InChI=1S/C19H26N4O3S/c1-3-23(4-2)14-16-9-6-5-8-15(16)13-21-19(24)22-17-10-7-11-18(12-17)27(20,25)26/h5-12H,3-4,13-14H2,1-2H3,(H2,20,25,26)(H2,21,22,24). The van der Waals surface area contributed by atoms with Gasteiger partial charge in [-0.1, -0.05) is 44.2 Å². The second kappa shape index (κ2) is 9.50. The molecule has 7 nitrogen and oxygen atoms in total. The summed E-state index contributed by atoms with van der Waals surface area (Å²) in [4.78, 5) is 14.4. The third-order valence-corrected chi connectivity index (χ3v) is 5.18. The number of carbonyl (C=O) groups excluding carboxylic acids is 1. The van der Waals surface area contributed by atoms with Crippen molar-refractivity contribution >= 4 is 21.7 Å². The Morgan fingerprint density at radius 1 is 1.04 bits per heavy atom. The van der Waals surface area contributed by atoms with Crippen LogP contribution in [-0.2, 0) is 23.1 Å². The summed E-state index contributed by atoms with van der Waals surface area (Å²) in [6.07, 6.45) is 0. The zero-order valence-corrected chi connectivity index (χ0v) is 16.4. The van der Waals surface area contributed by atoms with Crippen LogP contribution in [0.15, 0.2) is 53.4 Å². The first-order chi connectivity index (χ1) is 12.8. The number of hydrogen-bond acceptors (Lipinski definition) is 4. The van der Waals surface area contributed by atoms with Gasteiger partial charge in [-0.15, -0.1) is 0 Å². The molecule has 0 aliphatic rings. The molecule has 0 saturated heterocycles. The van der Waals surface area contributed by atoms with E-state index in [9.17, 15) is 13.2 Å². The van der Waals surface area contributed by atoms with Gasteiger partial charge in [-0.05, 0) is 42.4 Å². The highest BCUT2D eigenvalue weighted by molar-refractivity contribution is 7.89. The highest BCUT2D eigenvalue weighted by atomic mass is 32.2. The Bertz CT molecular complexity index is 880. The molecule has 4 N–H and O–H groups in total. The summed E-state index contributed by atoms with van der Waals surface area (Å²) in [5, 5.41) is 10.5. The second-order valence-corrected chi connectivity index (χ2v) is 7.67. The first-order valence-corrected chi connectivity index (χ1v) is 10.3.